The standard InChI is InChI=1S/C25H26N4O3/c1-28(2)24(31)25(16-19-5-7-20(8-6-19)22-4-3-11-27-17-22)18-29(14-15-32-25)23(30)21-9-12-26-13-10-21/h3-13,17H,14-16,18H2,1-2H3/t25-/m1/s1. The van der Waals surface area contributed by atoms with Crippen molar-refractivity contribution in [2.45, 2.75) is 12.0 Å². The van der Waals surface area contributed by atoms with Gasteiger partial charge in [0.1, 0.15) is 0 Å². The van der Waals surface area contributed by atoms with E-state index in [1.54, 1.807) is 49.7 Å². The van der Waals surface area contributed by atoms with Gasteiger partial charge in [-0.1, -0.05) is 30.3 Å². The highest BCUT2D eigenvalue weighted by molar-refractivity contribution is 5.95. The molecule has 1 aliphatic rings. The Morgan fingerprint density at radius 2 is 1.75 bits per heavy atom. The van der Waals surface area contributed by atoms with Crippen LogP contribution in [0.3, 0.4) is 0 Å². The second-order valence-electron chi connectivity index (χ2n) is 8.12. The molecule has 2 amide bonds. The number of aromatic nitrogens is 2. The van der Waals surface area contributed by atoms with E-state index < -0.39 is 5.60 Å². The number of likely N-dealkylation sites (N-methyl/N-ethyl adjacent to an activating group) is 1. The smallest absolute Gasteiger partial charge is 0.256 e. The predicted octanol–water partition coefficient (Wildman–Crippen LogP) is 2.69. The predicted molar refractivity (Wildman–Crippen MR) is 121 cm³/mol. The van der Waals surface area contributed by atoms with E-state index in [4.69, 9.17) is 4.74 Å². The third kappa shape index (κ3) is 4.53. The van der Waals surface area contributed by atoms with Gasteiger partial charge in [0, 0.05) is 57.4 Å². The first-order valence-electron chi connectivity index (χ1n) is 10.5. The normalized spacial score (nSPS) is 18.2. The summed E-state index contributed by atoms with van der Waals surface area (Å²) in [7, 11) is 3.42. The maximum Gasteiger partial charge on any atom is 0.256 e. The molecule has 2 aromatic heterocycles. The van der Waals surface area contributed by atoms with Crippen LogP contribution in [0.25, 0.3) is 11.1 Å². The van der Waals surface area contributed by atoms with Crippen LogP contribution >= 0.6 is 0 Å². The average Bonchev–Trinajstić information content (AvgIpc) is 2.84. The molecule has 1 fully saturated rings. The summed E-state index contributed by atoms with van der Waals surface area (Å²) in [6.07, 6.45) is 7.12. The number of pyridine rings is 2. The van der Waals surface area contributed by atoms with Crippen LogP contribution in [-0.2, 0) is 16.0 Å². The fourth-order valence-corrected chi connectivity index (χ4v) is 4.03. The largest absolute Gasteiger partial charge is 0.361 e. The molecule has 3 aromatic rings. The zero-order valence-electron chi connectivity index (χ0n) is 18.3. The Morgan fingerprint density at radius 1 is 1.00 bits per heavy atom. The van der Waals surface area contributed by atoms with Crippen LogP contribution < -0.4 is 0 Å². The molecular weight excluding hydrogens is 404 g/mol. The number of carbonyl (C=O) groups excluding carboxylic acids is 2. The van der Waals surface area contributed by atoms with Gasteiger partial charge in [-0.3, -0.25) is 19.6 Å². The highest BCUT2D eigenvalue weighted by Gasteiger charge is 2.46. The van der Waals surface area contributed by atoms with Crippen LogP contribution in [0.15, 0.2) is 73.3 Å². The van der Waals surface area contributed by atoms with E-state index in [2.05, 4.69) is 9.97 Å². The molecule has 1 saturated heterocycles. The van der Waals surface area contributed by atoms with E-state index in [1.165, 1.54) is 4.90 Å². The monoisotopic (exact) mass is 430 g/mol. The lowest BCUT2D eigenvalue weighted by atomic mass is 9.90. The van der Waals surface area contributed by atoms with Gasteiger partial charge < -0.3 is 14.5 Å². The molecule has 0 spiro atoms. The summed E-state index contributed by atoms with van der Waals surface area (Å²) < 4.78 is 6.12. The van der Waals surface area contributed by atoms with E-state index >= 15 is 0 Å². The molecule has 0 radical (unpaired) electrons. The van der Waals surface area contributed by atoms with E-state index in [0.29, 0.717) is 25.1 Å². The quantitative estimate of drug-likeness (QED) is 0.622. The highest BCUT2D eigenvalue weighted by atomic mass is 16.5. The van der Waals surface area contributed by atoms with Crippen molar-refractivity contribution in [3.8, 4) is 11.1 Å². The SMILES string of the molecule is CN(C)C(=O)[C@@]1(Cc2ccc(-c3cccnc3)cc2)CN(C(=O)c2ccncc2)CCO1. The van der Waals surface area contributed by atoms with Crippen LogP contribution in [0, 0.1) is 0 Å². The van der Waals surface area contributed by atoms with Crippen molar-refractivity contribution >= 4 is 11.8 Å². The van der Waals surface area contributed by atoms with Gasteiger partial charge in [0.25, 0.3) is 11.8 Å². The lowest BCUT2D eigenvalue weighted by Gasteiger charge is -2.43. The minimum absolute atomic E-state index is 0.126. The molecule has 1 atom stereocenters. The van der Waals surface area contributed by atoms with Gasteiger partial charge in [0.05, 0.1) is 13.2 Å². The van der Waals surface area contributed by atoms with Crippen molar-refractivity contribution in [1.29, 1.82) is 0 Å². The summed E-state index contributed by atoms with van der Waals surface area (Å²) in [6.45, 7) is 0.920. The van der Waals surface area contributed by atoms with Gasteiger partial charge in [0.2, 0.25) is 0 Å². The summed E-state index contributed by atoms with van der Waals surface area (Å²) in [5.41, 5.74) is 2.45. The molecule has 32 heavy (non-hydrogen) atoms. The van der Waals surface area contributed by atoms with Crippen molar-refractivity contribution in [2.75, 3.05) is 33.8 Å². The number of amides is 2. The molecule has 0 unspecified atom stereocenters. The fourth-order valence-electron chi connectivity index (χ4n) is 4.03. The van der Waals surface area contributed by atoms with E-state index in [-0.39, 0.29) is 18.4 Å². The molecule has 4 rings (SSSR count). The topological polar surface area (TPSA) is 75.6 Å². The number of rotatable bonds is 5. The third-order valence-electron chi connectivity index (χ3n) is 5.63. The molecule has 164 valence electrons. The molecule has 7 heteroatoms. The summed E-state index contributed by atoms with van der Waals surface area (Å²) in [5.74, 6) is -0.278. The minimum Gasteiger partial charge on any atom is -0.361 e. The summed E-state index contributed by atoms with van der Waals surface area (Å²) >= 11 is 0. The summed E-state index contributed by atoms with van der Waals surface area (Å²) in [6, 6.07) is 15.3. The van der Waals surface area contributed by atoms with Crippen molar-refractivity contribution in [1.82, 2.24) is 19.8 Å². The van der Waals surface area contributed by atoms with Crippen LogP contribution in [0.2, 0.25) is 0 Å². The first-order chi connectivity index (χ1) is 15.5. The Labute approximate surface area is 187 Å². The lowest BCUT2D eigenvalue weighted by molar-refractivity contribution is -0.165. The van der Waals surface area contributed by atoms with Gasteiger partial charge in [-0.15, -0.1) is 0 Å². The summed E-state index contributed by atoms with van der Waals surface area (Å²) in [5, 5.41) is 0. The zero-order valence-corrected chi connectivity index (χ0v) is 18.3. The maximum atomic E-state index is 13.3. The van der Waals surface area contributed by atoms with Crippen LogP contribution in [0.5, 0.6) is 0 Å². The Hall–Kier alpha value is -3.58. The maximum absolute atomic E-state index is 13.3. The minimum atomic E-state index is -1.14. The second kappa shape index (κ2) is 9.28. The van der Waals surface area contributed by atoms with Crippen molar-refractivity contribution in [2.24, 2.45) is 0 Å². The van der Waals surface area contributed by atoms with E-state index in [0.717, 1.165) is 16.7 Å². The van der Waals surface area contributed by atoms with Crippen molar-refractivity contribution in [3.05, 3.63) is 84.4 Å². The number of hydrogen-bond acceptors (Lipinski definition) is 5. The Balaban J connectivity index is 1.59. The van der Waals surface area contributed by atoms with Crippen molar-refractivity contribution < 1.29 is 14.3 Å². The molecule has 1 aliphatic heterocycles. The molecule has 0 N–H and O–H groups in total. The molecule has 1 aromatic carbocycles. The molecule has 0 bridgehead atoms. The first-order valence-corrected chi connectivity index (χ1v) is 10.5. The van der Waals surface area contributed by atoms with Gasteiger partial charge in [0.15, 0.2) is 5.60 Å². The third-order valence-corrected chi connectivity index (χ3v) is 5.63. The van der Waals surface area contributed by atoms with Gasteiger partial charge in [-0.25, -0.2) is 0 Å². The van der Waals surface area contributed by atoms with E-state index in [9.17, 15) is 9.59 Å². The number of morpholine rings is 1. The molecule has 3 heterocycles. The zero-order chi connectivity index (χ0) is 22.6. The first kappa shape index (κ1) is 21.6. The summed E-state index contributed by atoms with van der Waals surface area (Å²) in [4.78, 5) is 37.7. The number of nitrogens with zero attached hydrogens (tertiary/aromatic N) is 4. The second-order valence-corrected chi connectivity index (χ2v) is 8.12. The molecule has 0 saturated carbocycles. The number of benzene rings is 1. The Morgan fingerprint density at radius 3 is 2.41 bits per heavy atom. The molecular formula is C25H26N4O3. The van der Waals surface area contributed by atoms with Crippen molar-refractivity contribution in [3.63, 3.8) is 0 Å². The number of ether oxygens (including phenoxy) is 1. The van der Waals surface area contributed by atoms with Gasteiger partial charge in [-0.05, 0) is 34.9 Å². The highest BCUT2D eigenvalue weighted by Crippen LogP contribution is 2.28. The average molecular weight is 431 g/mol. The van der Waals surface area contributed by atoms with E-state index in [1.807, 2.05) is 42.6 Å². The Kier molecular flexibility index (Phi) is 6.28. The van der Waals surface area contributed by atoms with Crippen LogP contribution in [-0.4, -0.2) is 71.0 Å². The Bertz CT molecular complexity index is 1070. The lowest BCUT2D eigenvalue weighted by Crippen LogP contribution is -2.61. The fraction of sp³-hybridized carbons (Fsp3) is 0.280. The molecule has 0 aliphatic carbocycles. The van der Waals surface area contributed by atoms with Gasteiger partial charge in [-0.2, -0.15) is 0 Å². The van der Waals surface area contributed by atoms with Gasteiger partial charge >= 0.3 is 0 Å². The van der Waals surface area contributed by atoms with Crippen LogP contribution in [0.4, 0.5) is 0 Å². The number of hydrogen-bond donors (Lipinski definition) is 0. The number of carbonyl (C=O) groups is 2. The molecule has 7 nitrogen and oxygen atoms in total. The van der Waals surface area contributed by atoms with Crippen LogP contribution in [0.1, 0.15) is 15.9 Å².